The molecule has 6 heteroatoms. The third kappa shape index (κ3) is 5.23. The molecule has 0 aliphatic rings. The van der Waals surface area contributed by atoms with Crippen LogP contribution in [-0.2, 0) is 9.53 Å². The highest BCUT2D eigenvalue weighted by Crippen LogP contribution is 2.20. The smallest absolute Gasteiger partial charge is 0.449 e. The van der Waals surface area contributed by atoms with Gasteiger partial charge in [0.25, 0.3) is 0 Å². The van der Waals surface area contributed by atoms with Crippen molar-refractivity contribution in [2.24, 2.45) is 10.2 Å². The lowest BCUT2D eigenvalue weighted by molar-refractivity contribution is -0.155. The van der Waals surface area contributed by atoms with Crippen molar-refractivity contribution in [3.63, 3.8) is 0 Å². The molecule has 0 aromatic heterocycles. The van der Waals surface area contributed by atoms with Crippen LogP contribution >= 0.6 is 0 Å². The molecule has 0 heterocycles. The first kappa shape index (κ1) is 12.5. The lowest BCUT2D eigenvalue weighted by atomic mass is 10.1. The quantitative estimate of drug-likeness (QED) is 0.559. The molecule has 0 rings (SSSR count). The Kier molecular flexibility index (Phi) is 4.76. The minimum absolute atomic E-state index is 0.434. The maximum absolute atomic E-state index is 10.7. The second-order valence-electron chi connectivity index (χ2n) is 3.00. The van der Waals surface area contributed by atoms with Gasteiger partial charge < -0.3 is 9.84 Å². The zero-order chi connectivity index (χ0) is 11.2. The molecule has 0 aliphatic carbocycles. The van der Waals surface area contributed by atoms with E-state index in [-0.39, 0.29) is 0 Å². The molecule has 80 valence electrons. The van der Waals surface area contributed by atoms with Crippen LogP contribution in [0.25, 0.3) is 0 Å². The van der Waals surface area contributed by atoms with E-state index in [0.29, 0.717) is 12.8 Å². The molecule has 1 amide bonds. The summed E-state index contributed by atoms with van der Waals surface area (Å²) in [6.45, 7) is 4.63. The monoisotopic (exact) mass is 202 g/mol. The lowest BCUT2D eigenvalue weighted by Crippen LogP contribution is -2.28. The topological polar surface area (TPSA) is 88.3 Å². The number of azo groups is 1. The molecule has 1 unspecified atom stereocenters. The van der Waals surface area contributed by atoms with E-state index in [2.05, 4.69) is 10.2 Å². The Morgan fingerprint density at radius 1 is 1.50 bits per heavy atom. The summed E-state index contributed by atoms with van der Waals surface area (Å²) in [4.78, 5) is 20.8. The lowest BCUT2D eigenvalue weighted by Gasteiger charge is -2.22. The van der Waals surface area contributed by atoms with Crippen molar-refractivity contribution < 1.29 is 19.4 Å². The van der Waals surface area contributed by atoms with E-state index in [4.69, 9.17) is 9.84 Å². The maximum Gasteiger partial charge on any atom is 0.449 e. The number of rotatable bonds is 4. The molecule has 1 N–H and O–H groups in total. The molecule has 14 heavy (non-hydrogen) atoms. The highest BCUT2D eigenvalue weighted by atomic mass is 16.6. The van der Waals surface area contributed by atoms with Crippen molar-refractivity contribution in [1.29, 1.82) is 0 Å². The van der Waals surface area contributed by atoms with E-state index in [1.54, 1.807) is 0 Å². The van der Waals surface area contributed by atoms with Crippen molar-refractivity contribution in [2.75, 3.05) is 0 Å². The van der Waals surface area contributed by atoms with Gasteiger partial charge in [-0.1, -0.05) is 18.5 Å². The molecule has 0 aliphatic heterocycles. The van der Waals surface area contributed by atoms with Gasteiger partial charge in [0, 0.05) is 13.3 Å². The molecule has 0 saturated heterocycles. The Bertz CT molecular complexity index is 252. The van der Waals surface area contributed by atoms with Gasteiger partial charge in [-0.2, -0.15) is 0 Å². The Morgan fingerprint density at radius 2 is 2.07 bits per heavy atom. The van der Waals surface area contributed by atoms with Gasteiger partial charge in [-0.25, -0.2) is 4.79 Å². The average molecular weight is 202 g/mol. The molecule has 0 bridgehead atoms. The van der Waals surface area contributed by atoms with Crippen molar-refractivity contribution in [3.8, 4) is 0 Å². The first-order chi connectivity index (χ1) is 6.39. The SMILES string of the molecule is CCCC(C)(N=NC(=O)O)OC(C)=O. The first-order valence-corrected chi connectivity index (χ1v) is 4.25. The van der Waals surface area contributed by atoms with E-state index in [1.165, 1.54) is 13.8 Å². The normalized spacial score (nSPS) is 15.1. The van der Waals surface area contributed by atoms with Gasteiger partial charge in [-0.15, -0.1) is 5.11 Å². The highest BCUT2D eigenvalue weighted by molar-refractivity contribution is 5.66. The second kappa shape index (κ2) is 5.31. The van der Waals surface area contributed by atoms with Crippen LogP contribution in [0.3, 0.4) is 0 Å². The fourth-order valence-corrected chi connectivity index (χ4v) is 1.04. The number of hydrogen-bond acceptors (Lipinski definition) is 4. The summed E-state index contributed by atoms with van der Waals surface area (Å²) in [5.74, 6) is -0.509. The molecular weight excluding hydrogens is 188 g/mol. The molecule has 0 saturated carbocycles. The molecule has 6 nitrogen and oxygen atoms in total. The van der Waals surface area contributed by atoms with Gasteiger partial charge in [0.1, 0.15) is 0 Å². The van der Waals surface area contributed by atoms with Gasteiger partial charge in [0.15, 0.2) is 0 Å². The van der Waals surface area contributed by atoms with Crippen LogP contribution in [0.15, 0.2) is 10.2 Å². The van der Waals surface area contributed by atoms with E-state index < -0.39 is 17.8 Å². The van der Waals surface area contributed by atoms with Crippen LogP contribution < -0.4 is 0 Å². The Labute approximate surface area is 82.0 Å². The average Bonchev–Trinajstić information content (AvgIpc) is 2.00. The zero-order valence-electron chi connectivity index (χ0n) is 8.48. The third-order valence-corrected chi connectivity index (χ3v) is 1.42. The summed E-state index contributed by atoms with van der Waals surface area (Å²) in [5.41, 5.74) is -1.17. The predicted molar refractivity (Wildman–Crippen MR) is 48.0 cm³/mol. The van der Waals surface area contributed by atoms with Gasteiger partial charge in [0.05, 0.1) is 0 Å². The molecule has 0 aromatic carbocycles. The van der Waals surface area contributed by atoms with Crippen molar-refractivity contribution in [1.82, 2.24) is 0 Å². The fraction of sp³-hybridized carbons (Fsp3) is 0.750. The van der Waals surface area contributed by atoms with E-state index in [0.717, 1.165) is 0 Å². The Balaban J connectivity index is 4.53. The highest BCUT2D eigenvalue weighted by Gasteiger charge is 2.26. The Morgan fingerprint density at radius 3 is 2.43 bits per heavy atom. The van der Waals surface area contributed by atoms with Crippen molar-refractivity contribution in [3.05, 3.63) is 0 Å². The summed E-state index contributed by atoms with van der Waals surface area (Å²) in [5, 5.41) is 14.7. The summed E-state index contributed by atoms with van der Waals surface area (Å²) in [6, 6.07) is 0. The molecule has 0 radical (unpaired) electrons. The third-order valence-electron chi connectivity index (χ3n) is 1.42. The molecule has 1 atom stereocenters. The van der Waals surface area contributed by atoms with Crippen molar-refractivity contribution in [2.45, 2.75) is 39.3 Å². The number of hydrogen-bond donors (Lipinski definition) is 1. The number of carboxylic acid groups (broad SMARTS) is 1. The number of amides is 1. The van der Waals surface area contributed by atoms with Gasteiger partial charge in [-0.3, -0.25) is 4.79 Å². The largest absolute Gasteiger partial charge is 0.462 e. The zero-order valence-corrected chi connectivity index (χ0v) is 8.48. The second-order valence-corrected chi connectivity index (χ2v) is 3.00. The van der Waals surface area contributed by atoms with Crippen LogP contribution in [0.1, 0.15) is 33.6 Å². The number of carbonyl (C=O) groups excluding carboxylic acids is 1. The van der Waals surface area contributed by atoms with Gasteiger partial charge >= 0.3 is 12.1 Å². The maximum atomic E-state index is 10.7. The standard InChI is InChI=1S/C8H14N2O4/c1-4-5-8(3,14-6(2)11)10-9-7(12)13/h4-5H2,1-3H3,(H,12,13). The molecule has 0 fully saturated rings. The summed E-state index contributed by atoms with van der Waals surface area (Å²) in [6.07, 6.45) is -0.259. The van der Waals surface area contributed by atoms with E-state index in [9.17, 15) is 9.59 Å². The molecule has 0 spiro atoms. The van der Waals surface area contributed by atoms with Crippen LogP contribution in [-0.4, -0.2) is 22.9 Å². The molecule has 0 aromatic rings. The summed E-state index contributed by atoms with van der Waals surface area (Å²) in [7, 11) is 0. The number of nitrogens with zero attached hydrogens (tertiary/aromatic N) is 2. The van der Waals surface area contributed by atoms with Gasteiger partial charge in [-0.05, 0) is 6.92 Å². The Hall–Kier alpha value is -1.46. The van der Waals surface area contributed by atoms with Crippen LogP contribution in [0.4, 0.5) is 4.79 Å². The predicted octanol–water partition coefficient (Wildman–Crippen LogP) is 2.20. The van der Waals surface area contributed by atoms with Crippen LogP contribution in [0.5, 0.6) is 0 Å². The number of esters is 1. The fourth-order valence-electron chi connectivity index (χ4n) is 1.04. The first-order valence-electron chi connectivity index (χ1n) is 4.25. The van der Waals surface area contributed by atoms with Gasteiger partial charge in [0.2, 0.25) is 5.72 Å². The number of ether oxygens (including phenoxy) is 1. The van der Waals surface area contributed by atoms with Crippen LogP contribution in [0, 0.1) is 0 Å². The minimum Gasteiger partial charge on any atom is -0.462 e. The van der Waals surface area contributed by atoms with E-state index >= 15 is 0 Å². The molecular formula is C8H14N2O4. The summed E-state index contributed by atoms with van der Waals surface area (Å²) >= 11 is 0. The number of carbonyl (C=O) groups is 2. The van der Waals surface area contributed by atoms with Crippen LogP contribution in [0.2, 0.25) is 0 Å². The van der Waals surface area contributed by atoms with E-state index in [1.807, 2.05) is 6.92 Å². The minimum atomic E-state index is -1.40. The van der Waals surface area contributed by atoms with Crippen molar-refractivity contribution >= 4 is 12.1 Å². The summed E-state index contributed by atoms with van der Waals surface area (Å²) < 4.78 is 4.87.